The van der Waals surface area contributed by atoms with Gasteiger partial charge in [0.05, 0.1) is 18.9 Å². The number of hydrogen-bond acceptors (Lipinski definition) is 4. The van der Waals surface area contributed by atoms with E-state index < -0.39 is 5.54 Å². The predicted molar refractivity (Wildman–Crippen MR) is 114 cm³/mol. The number of rotatable bonds is 4. The molecule has 3 aliphatic rings. The van der Waals surface area contributed by atoms with Crippen LogP contribution in [0.25, 0.3) is 0 Å². The Bertz CT molecular complexity index is 881. The average molecular weight is 410 g/mol. The van der Waals surface area contributed by atoms with Gasteiger partial charge in [-0.2, -0.15) is 0 Å². The molecule has 0 aromatic heterocycles. The van der Waals surface area contributed by atoms with Crippen LogP contribution in [-0.4, -0.2) is 48.8 Å². The fraction of sp³-hybridized carbons (Fsp3) is 0.458. The first-order chi connectivity index (χ1) is 14.6. The van der Waals surface area contributed by atoms with Crippen LogP contribution in [0.3, 0.4) is 0 Å². The molecule has 1 amide bonds. The zero-order valence-electron chi connectivity index (χ0n) is 17.1. The van der Waals surface area contributed by atoms with Gasteiger partial charge in [0.15, 0.2) is 0 Å². The maximum atomic E-state index is 13.2. The average Bonchev–Trinajstić information content (AvgIpc) is 3.36. The predicted octanol–water partition coefficient (Wildman–Crippen LogP) is 3.47. The van der Waals surface area contributed by atoms with E-state index in [0.717, 1.165) is 56.6 Å². The van der Waals surface area contributed by atoms with Gasteiger partial charge >= 0.3 is 0 Å². The molecular weight excluding hydrogens is 381 g/mol. The maximum Gasteiger partial charge on any atom is 0.247 e. The summed E-state index contributed by atoms with van der Waals surface area (Å²) in [6, 6.07) is 16.9. The van der Waals surface area contributed by atoms with E-state index in [4.69, 9.17) is 4.74 Å². The number of hydrogen-bond donors (Lipinski definition) is 1. The molecular formula is C24H28FN3O2. The molecule has 5 nitrogen and oxygen atoms in total. The van der Waals surface area contributed by atoms with E-state index in [0.29, 0.717) is 6.67 Å². The Morgan fingerprint density at radius 1 is 1.03 bits per heavy atom. The quantitative estimate of drug-likeness (QED) is 0.840. The lowest BCUT2D eigenvalue weighted by Crippen LogP contribution is -2.57. The molecule has 1 N–H and O–H groups in total. The number of para-hydroxylation sites is 1. The van der Waals surface area contributed by atoms with Crippen LogP contribution in [0.5, 0.6) is 0 Å². The lowest BCUT2D eigenvalue weighted by atomic mass is 9.85. The fourth-order valence-corrected chi connectivity index (χ4v) is 5.19. The molecule has 0 bridgehead atoms. The third kappa shape index (κ3) is 3.59. The molecule has 0 aliphatic carbocycles. The number of benzene rings is 2. The van der Waals surface area contributed by atoms with Crippen LogP contribution in [0, 0.1) is 5.82 Å². The third-order valence-electron chi connectivity index (χ3n) is 6.90. The Morgan fingerprint density at radius 3 is 2.50 bits per heavy atom. The van der Waals surface area contributed by atoms with Gasteiger partial charge in [-0.1, -0.05) is 30.3 Å². The van der Waals surface area contributed by atoms with E-state index in [-0.39, 0.29) is 23.9 Å². The second kappa shape index (κ2) is 8.00. The summed E-state index contributed by atoms with van der Waals surface area (Å²) in [5, 5.41) is 3.06. The lowest BCUT2D eigenvalue weighted by molar-refractivity contribution is -0.125. The van der Waals surface area contributed by atoms with Crippen molar-refractivity contribution < 1.29 is 13.9 Å². The summed E-state index contributed by atoms with van der Waals surface area (Å²) in [4.78, 5) is 17.5. The number of nitrogens with one attached hydrogen (secondary N) is 1. The summed E-state index contributed by atoms with van der Waals surface area (Å²) in [6.07, 6.45) is 3.88. The number of carbonyl (C=O) groups is 1. The van der Waals surface area contributed by atoms with Crippen molar-refractivity contribution in [3.05, 3.63) is 66.0 Å². The third-order valence-corrected chi connectivity index (χ3v) is 6.90. The van der Waals surface area contributed by atoms with Crippen LogP contribution in [0.4, 0.5) is 10.1 Å². The fourth-order valence-electron chi connectivity index (χ4n) is 5.19. The van der Waals surface area contributed by atoms with Crippen LogP contribution < -0.4 is 10.2 Å². The highest BCUT2D eigenvalue weighted by Crippen LogP contribution is 2.37. The van der Waals surface area contributed by atoms with E-state index >= 15 is 0 Å². The highest BCUT2D eigenvalue weighted by atomic mass is 19.1. The Labute approximate surface area is 176 Å². The van der Waals surface area contributed by atoms with Gasteiger partial charge in [-0.05, 0) is 55.5 Å². The van der Waals surface area contributed by atoms with Crippen LogP contribution in [-0.2, 0) is 9.53 Å². The van der Waals surface area contributed by atoms with Gasteiger partial charge in [0, 0.05) is 25.3 Å². The molecule has 2 aromatic rings. The number of likely N-dealkylation sites (tertiary alicyclic amines) is 1. The van der Waals surface area contributed by atoms with Gasteiger partial charge in [0.25, 0.3) is 0 Å². The summed E-state index contributed by atoms with van der Waals surface area (Å²) < 4.78 is 19.4. The monoisotopic (exact) mass is 409 g/mol. The van der Waals surface area contributed by atoms with Crippen molar-refractivity contribution >= 4 is 11.6 Å². The molecule has 158 valence electrons. The Kier molecular flexibility index (Phi) is 5.21. The summed E-state index contributed by atoms with van der Waals surface area (Å²) in [7, 11) is 0. The summed E-state index contributed by atoms with van der Waals surface area (Å²) in [6.45, 7) is 3.24. The number of amides is 1. The second-order valence-electron chi connectivity index (χ2n) is 8.64. The largest absolute Gasteiger partial charge is 0.369 e. The van der Waals surface area contributed by atoms with Crippen LogP contribution in [0.2, 0.25) is 0 Å². The second-order valence-corrected chi connectivity index (χ2v) is 8.64. The van der Waals surface area contributed by atoms with E-state index in [2.05, 4.69) is 27.2 Å². The first-order valence-electron chi connectivity index (χ1n) is 10.9. The smallest absolute Gasteiger partial charge is 0.247 e. The van der Waals surface area contributed by atoms with Crippen molar-refractivity contribution in [1.29, 1.82) is 0 Å². The number of halogens is 1. The van der Waals surface area contributed by atoms with Crippen molar-refractivity contribution in [2.75, 3.05) is 31.2 Å². The number of carbonyl (C=O) groups excluding carboxylic acids is 1. The highest BCUT2D eigenvalue weighted by molar-refractivity contribution is 5.93. The molecule has 2 aromatic carbocycles. The summed E-state index contributed by atoms with van der Waals surface area (Å²) >= 11 is 0. The number of anilines is 1. The van der Waals surface area contributed by atoms with Crippen molar-refractivity contribution in [1.82, 2.24) is 10.2 Å². The molecule has 6 heteroatoms. The molecule has 3 fully saturated rings. The summed E-state index contributed by atoms with van der Waals surface area (Å²) in [5.74, 6) is -0.0597. The number of piperidine rings is 1. The van der Waals surface area contributed by atoms with Gasteiger partial charge in [0.2, 0.25) is 5.91 Å². The maximum absolute atomic E-state index is 13.2. The van der Waals surface area contributed by atoms with E-state index in [1.807, 2.05) is 30.3 Å². The molecule has 5 rings (SSSR count). The van der Waals surface area contributed by atoms with E-state index in [1.165, 1.54) is 12.1 Å². The zero-order valence-corrected chi connectivity index (χ0v) is 17.1. The molecule has 0 saturated carbocycles. The molecule has 0 radical (unpaired) electrons. The first kappa shape index (κ1) is 19.5. The molecule has 3 saturated heterocycles. The van der Waals surface area contributed by atoms with Crippen LogP contribution in [0.1, 0.15) is 37.4 Å². The Hall–Kier alpha value is -2.44. The molecule has 1 spiro atoms. The highest BCUT2D eigenvalue weighted by Gasteiger charge is 2.50. The molecule has 2 unspecified atom stereocenters. The Balaban J connectivity index is 1.19. The molecule has 2 atom stereocenters. The van der Waals surface area contributed by atoms with E-state index in [9.17, 15) is 9.18 Å². The first-order valence-corrected chi connectivity index (χ1v) is 10.9. The van der Waals surface area contributed by atoms with E-state index in [1.54, 1.807) is 0 Å². The van der Waals surface area contributed by atoms with Crippen LogP contribution >= 0.6 is 0 Å². The van der Waals surface area contributed by atoms with Crippen molar-refractivity contribution in [2.45, 2.75) is 43.4 Å². The molecule has 30 heavy (non-hydrogen) atoms. The minimum absolute atomic E-state index is 0.0564. The van der Waals surface area contributed by atoms with Gasteiger partial charge < -0.3 is 19.9 Å². The zero-order chi connectivity index (χ0) is 20.6. The van der Waals surface area contributed by atoms with Crippen molar-refractivity contribution in [3.63, 3.8) is 0 Å². The summed E-state index contributed by atoms with van der Waals surface area (Å²) in [5.41, 5.74) is 1.72. The van der Waals surface area contributed by atoms with Gasteiger partial charge in [-0.25, -0.2) is 4.39 Å². The van der Waals surface area contributed by atoms with Gasteiger partial charge in [0.1, 0.15) is 11.4 Å². The molecule has 3 aliphatic heterocycles. The minimum Gasteiger partial charge on any atom is -0.369 e. The van der Waals surface area contributed by atoms with Crippen LogP contribution in [0.15, 0.2) is 54.6 Å². The standard InChI is InChI=1S/C24H28FN3O2/c25-19-8-6-18(7-9-19)22-11-10-21(30-22)16-27-14-12-24(13-15-27)23(29)26-17-28(24)20-4-2-1-3-5-20/h1-9,21-22H,10-17H2,(H,26,29). The normalized spacial score (nSPS) is 26.3. The molecule has 3 heterocycles. The topological polar surface area (TPSA) is 44.8 Å². The Morgan fingerprint density at radius 2 is 1.77 bits per heavy atom. The minimum atomic E-state index is -0.439. The number of ether oxygens (including phenoxy) is 1. The van der Waals surface area contributed by atoms with Gasteiger partial charge in [-0.15, -0.1) is 0 Å². The SMILES string of the molecule is O=C1NCN(c2ccccc2)C12CCN(CC1CCC(c3ccc(F)cc3)O1)CC2. The number of nitrogens with zero attached hydrogens (tertiary/aromatic N) is 2. The van der Waals surface area contributed by atoms with Gasteiger partial charge in [-0.3, -0.25) is 4.79 Å². The van der Waals surface area contributed by atoms with Crippen molar-refractivity contribution in [2.24, 2.45) is 0 Å². The van der Waals surface area contributed by atoms with Crippen molar-refractivity contribution in [3.8, 4) is 0 Å². The lowest BCUT2D eigenvalue weighted by Gasteiger charge is -2.43.